The molecule has 18 heavy (non-hydrogen) atoms. The van der Waals surface area contributed by atoms with Gasteiger partial charge >= 0.3 is 0 Å². The van der Waals surface area contributed by atoms with Crippen molar-refractivity contribution in [3.8, 4) is 0 Å². The Bertz CT molecular complexity index is 256. The van der Waals surface area contributed by atoms with Crippen LogP contribution < -0.4 is 0 Å². The number of aliphatic hydroxyl groups is 1. The summed E-state index contributed by atoms with van der Waals surface area (Å²) in [5.41, 5.74) is -0.619. The quantitative estimate of drug-likeness (QED) is 0.769. The molecular weight excluding hydrogens is 228 g/mol. The smallest absolute Gasteiger partial charge is 0.0940 e. The van der Waals surface area contributed by atoms with Crippen LogP contribution in [0.1, 0.15) is 58.8 Å². The van der Waals surface area contributed by atoms with Crippen molar-refractivity contribution in [1.82, 2.24) is 0 Å². The molecule has 0 aliphatic carbocycles. The molecule has 0 aromatic heterocycles. The highest BCUT2D eigenvalue weighted by Crippen LogP contribution is 2.41. The van der Waals surface area contributed by atoms with E-state index in [0.717, 1.165) is 45.3 Å². The van der Waals surface area contributed by atoms with Crippen LogP contribution in [0.2, 0.25) is 0 Å². The zero-order valence-electron chi connectivity index (χ0n) is 11.9. The first-order chi connectivity index (χ1) is 8.58. The normalized spacial score (nSPS) is 35.8. The van der Waals surface area contributed by atoms with E-state index in [1.165, 1.54) is 12.8 Å². The Morgan fingerprint density at radius 2 is 2.17 bits per heavy atom. The summed E-state index contributed by atoms with van der Waals surface area (Å²) in [4.78, 5) is 0. The van der Waals surface area contributed by atoms with Crippen molar-refractivity contribution < 1.29 is 14.6 Å². The van der Waals surface area contributed by atoms with E-state index in [0.29, 0.717) is 12.5 Å². The lowest BCUT2D eigenvalue weighted by Gasteiger charge is -2.43. The van der Waals surface area contributed by atoms with E-state index in [9.17, 15) is 5.11 Å². The number of hydrogen-bond donors (Lipinski definition) is 1. The number of unbranched alkanes of at least 4 members (excludes halogenated alkanes) is 2. The fourth-order valence-electron chi connectivity index (χ4n) is 3.36. The van der Waals surface area contributed by atoms with Crippen LogP contribution in [-0.2, 0) is 9.47 Å². The van der Waals surface area contributed by atoms with Crippen LogP contribution in [0.3, 0.4) is 0 Å². The van der Waals surface area contributed by atoms with Crippen molar-refractivity contribution in [3.63, 3.8) is 0 Å². The van der Waals surface area contributed by atoms with E-state index >= 15 is 0 Å². The minimum absolute atomic E-state index is 0.0857. The van der Waals surface area contributed by atoms with E-state index in [2.05, 4.69) is 6.92 Å². The Labute approximate surface area is 111 Å². The van der Waals surface area contributed by atoms with E-state index < -0.39 is 5.60 Å². The summed E-state index contributed by atoms with van der Waals surface area (Å²) < 4.78 is 11.4. The zero-order valence-corrected chi connectivity index (χ0v) is 11.9. The SMILES string of the molecule is CCCCCC(C)(O)C1CCOC2(CCOC2)C1. The van der Waals surface area contributed by atoms with Crippen molar-refractivity contribution in [2.24, 2.45) is 5.92 Å². The van der Waals surface area contributed by atoms with Crippen molar-refractivity contribution in [2.45, 2.75) is 70.0 Å². The standard InChI is InChI=1S/C15H28O3/c1-3-4-5-7-14(2,16)13-6-9-18-15(11-13)8-10-17-12-15/h13,16H,3-12H2,1-2H3. The molecule has 0 amide bonds. The maximum Gasteiger partial charge on any atom is 0.0940 e. The Kier molecular flexibility index (Phi) is 4.68. The van der Waals surface area contributed by atoms with Crippen LogP contribution in [0, 0.1) is 5.92 Å². The third-order valence-corrected chi connectivity index (χ3v) is 4.73. The van der Waals surface area contributed by atoms with Gasteiger partial charge in [-0.3, -0.25) is 0 Å². The summed E-state index contributed by atoms with van der Waals surface area (Å²) in [7, 11) is 0. The Balaban J connectivity index is 1.90. The van der Waals surface area contributed by atoms with Gasteiger partial charge in [-0.25, -0.2) is 0 Å². The monoisotopic (exact) mass is 256 g/mol. The molecule has 2 aliphatic heterocycles. The summed E-state index contributed by atoms with van der Waals surface area (Å²) in [6, 6.07) is 0. The Morgan fingerprint density at radius 3 is 2.83 bits per heavy atom. The molecule has 3 atom stereocenters. The van der Waals surface area contributed by atoms with Crippen LogP contribution in [0.25, 0.3) is 0 Å². The Morgan fingerprint density at radius 1 is 1.33 bits per heavy atom. The number of hydrogen-bond acceptors (Lipinski definition) is 3. The molecule has 3 heteroatoms. The first kappa shape index (κ1) is 14.3. The van der Waals surface area contributed by atoms with Crippen LogP contribution >= 0.6 is 0 Å². The number of rotatable bonds is 5. The fourth-order valence-corrected chi connectivity index (χ4v) is 3.36. The van der Waals surface area contributed by atoms with Gasteiger partial charge in [-0.2, -0.15) is 0 Å². The van der Waals surface area contributed by atoms with Crippen LogP contribution in [0.15, 0.2) is 0 Å². The minimum Gasteiger partial charge on any atom is -0.390 e. The second-order valence-corrected chi connectivity index (χ2v) is 6.34. The molecule has 2 aliphatic rings. The maximum absolute atomic E-state index is 10.7. The molecule has 0 radical (unpaired) electrons. The molecule has 2 fully saturated rings. The van der Waals surface area contributed by atoms with Gasteiger partial charge in [0.25, 0.3) is 0 Å². The van der Waals surface area contributed by atoms with E-state index in [1.54, 1.807) is 0 Å². The van der Waals surface area contributed by atoms with Crippen molar-refractivity contribution in [3.05, 3.63) is 0 Å². The van der Waals surface area contributed by atoms with Gasteiger partial charge in [0.1, 0.15) is 0 Å². The second-order valence-electron chi connectivity index (χ2n) is 6.34. The summed E-state index contributed by atoms with van der Waals surface area (Å²) in [6.45, 7) is 6.52. The fraction of sp³-hybridized carbons (Fsp3) is 1.00. The average Bonchev–Trinajstić information content (AvgIpc) is 2.77. The Hall–Kier alpha value is -0.120. The van der Waals surface area contributed by atoms with Gasteiger partial charge in [0.2, 0.25) is 0 Å². The topological polar surface area (TPSA) is 38.7 Å². The first-order valence-electron chi connectivity index (χ1n) is 7.52. The van der Waals surface area contributed by atoms with Gasteiger partial charge in [-0.05, 0) is 32.1 Å². The van der Waals surface area contributed by atoms with Gasteiger partial charge in [0, 0.05) is 19.6 Å². The number of ether oxygens (including phenoxy) is 2. The molecular formula is C15H28O3. The molecule has 2 saturated heterocycles. The van der Waals surface area contributed by atoms with Gasteiger partial charge in [0.05, 0.1) is 17.8 Å². The van der Waals surface area contributed by atoms with Crippen molar-refractivity contribution >= 4 is 0 Å². The molecule has 106 valence electrons. The predicted molar refractivity (Wildman–Crippen MR) is 71.6 cm³/mol. The molecule has 1 spiro atoms. The van der Waals surface area contributed by atoms with Crippen LogP contribution in [0.5, 0.6) is 0 Å². The molecule has 0 aromatic carbocycles. The van der Waals surface area contributed by atoms with Gasteiger partial charge < -0.3 is 14.6 Å². The zero-order chi connectivity index (χ0) is 13.1. The van der Waals surface area contributed by atoms with Gasteiger partial charge in [-0.1, -0.05) is 26.2 Å². The summed E-state index contributed by atoms with van der Waals surface area (Å²) in [6.07, 6.45) is 7.42. The highest BCUT2D eigenvalue weighted by Gasteiger charge is 2.45. The first-order valence-corrected chi connectivity index (χ1v) is 7.52. The lowest BCUT2D eigenvalue weighted by molar-refractivity contribution is -0.140. The summed E-state index contributed by atoms with van der Waals surface area (Å²) in [5, 5.41) is 10.7. The van der Waals surface area contributed by atoms with Crippen LogP contribution in [-0.4, -0.2) is 36.1 Å². The van der Waals surface area contributed by atoms with Crippen molar-refractivity contribution in [1.29, 1.82) is 0 Å². The molecule has 0 saturated carbocycles. The molecule has 2 heterocycles. The minimum atomic E-state index is -0.533. The maximum atomic E-state index is 10.7. The van der Waals surface area contributed by atoms with Gasteiger partial charge in [0.15, 0.2) is 0 Å². The predicted octanol–water partition coefficient (Wildman–Crippen LogP) is 2.90. The van der Waals surface area contributed by atoms with E-state index in [4.69, 9.17) is 9.47 Å². The van der Waals surface area contributed by atoms with Crippen molar-refractivity contribution in [2.75, 3.05) is 19.8 Å². The second kappa shape index (κ2) is 5.89. The lowest BCUT2D eigenvalue weighted by Crippen LogP contribution is -2.47. The van der Waals surface area contributed by atoms with Gasteiger partial charge in [-0.15, -0.1) is 0 Å². The highest BCUT2D eigenvalue weighted by atomic mass is 16.6. The largest absolute Gasteiger partial charge is 0.390 e. The highest BCUT2D eigenvalue weighted by molar-refractivity contribution is 4.95. The molecule has 3 nitrogen and oxygen atoms in total. The van der Waals surface area contributed by atoms with E-state index in [-0.39, 0.29) is 5.60 Å². The molecule has 0 aromatic rings. The third kappa shape index (κ3) is 3.25. The molecule has 2 rings (SSSR count). The molecule has 1 N–H and O–H groups in total. The average molecular weight is 256 g/mol. The molecule has 3 unspecified atom stereocenters. The lowest BCUT2D eigenvalue weighted by atomic mass is 9.74. The summed E-state index contributed by atoms with van der Waals surface area (Å²) in [5.74, 6) is 0.366. The third-order valence-electron chi connectivity index (χ3n) is 4.73. The van der Waals surface area contributed by atoms with E-state index in [1.807, 2.05) is 6.92 Å². The van der Waals surface area contributed by atoms with Crippen LogP contribution in [0.4, 0.5) is 0 Å². The molecule has 0 bridgehead atoms. The summed E-state index contributed by atoms with van der Waals surface area (Å²) >= 11 is 0.